The maximum absolute atomic E-state index is 12.9. The molecule has 1 unspecified atom stereocenters. The Kier molecular flexibility index (Phi) is 4.84. The molecule has 1 N–H and O–H groups in total. The van der Waals surface area contributed by atoms with Gasteiger partial charge in [-0.05, 0) is 66.6 Å². The van der Waals surface area contributed by atoms with Gasteiger partial charge < -0.3 is 14.8 Å². The predicted octanol–water partition coefficient (Wildman–Crippen LogP) is 3.26. The Hall–Kier alpha value is -2.82. The molecular formula is C23H25NO4. The van der Waals surface area contributed by atoms with E-state index in [4.69, 9.17) is 9.47 Å². The van der Waals surface area contributed by atoms with Gasteiger partial charge in [0.1, 0.15) is 5.75 Å². The van der Waals surface area contributed by atoms with Crippen molar-refractivity contribution in [3.05, 3.63) is 64.7 Å². The van der Waals surface area contributed by atoms with E-state index in [0.717, 1.165) is 43.5 Å². The number of amides is 1. The van der Waals surface area contributed by atoms with Crippen molar-refractivity contribution >= 4 is 11.9 Å². The highest BCUT2D eigenvalue weighted by Gasteiger charge is 2.51. The van der Waals surface area contributed by atoms with E-state index in [2.05, 4.69) is 17.4 Å². The second-order valence-corrected chi connectivity index (χ2v) is 7.67. The lowest BCUT2D eigenvalue weighted by molar-refractivity contribution is -0.129. The van der Waals surface area contributed by atoms with Gasteiger partial charge in [-0.2, -0.15) is 0 Å². The summed E-state index contributed by atoms with van der Waals surface area (Å²) in [6.07, 6.45) is 3.23. The van der Waals surface area contributed by atoms with Crippen molar-refractivity contribution in [3.8, 4) is 5.75 Å². The van der Waals surface area contributed by atoms with Crippen LogP contribution in [0.15, 0.2) is 42.5 Å². The molecule has 0 radical (unpaired) electrons. The second kappa shape index (κ2) is 7.30. The van der Waals surface area contributed by atoms with Crippen LogP contribution in [-0.2, 0) is 22.4 Å². The summed E-state index contributed by atoms with van der Waals surface area (Å²) in [4.78, 5) is 24.8. The number of hydrogen-bond acceptors (Lipinski definition) is 4. The molecule has 1 spiro atoms. The molecule has 28 heavy (non-hydrogen) atoms. The number of benzene rings is 2. The van der Waals surface area contributed by atoms with Gasteiger partial charge in [0.15, 0.2) is 0 Å². The lowest BCUT2D eigenvalue weighted by atomic mass is 9.61. The SMILES string of the molecule is COC(=O)c1ccc2c(c1)CC[C@@]1(CCNC1=O)C2Cc1ccc(OC)cc1. The Bertz CT molecular complexity index is 905. The molecule has 4 rings (SSSR count). The number of methoxy groups -OCH3 is 2. The second-order valence-electron chi connectivity index (χ2n) is 7.67. The number of nitrogens with one attached hydrogen (secondary N) is 1. The monoisotopic (exact) mass is 379 g/mol. The number of carbonyl (C=O) groups excluding carboxylic acids is 2. The van der Waals surface area contributed by atoms with Crippen LogP contribution in [0.3, 0.4) is 0 Å². The van der Waals surface area contributed by atoms with E-state index in [-0.39, 0.29) is 23.2 Å². The molecule has 5 heteroatoms. The molecule has 1 aliphatic carbocycles. The van der Waals surface area contributed by atoms with E-state index in [9.17, 15) is 9.59 Å². The first kappa shape index (κ1) is 18.5. The third-order valence-corrected chi connectivity index (χ3v) is 6.35. The molecule has 1 fully saturated rings. The van der Waals surface area contributed by atoms with Crippen LogP contribution in [0, 0.1) is 5.41 Å². The van der Waals surface area contributed by atoms with Crippen LogP contribution < -0.4 is 10.1 Å². The summed E-state index contributed by atoms with van der Waals surface area (Å²) < 4.78 is 10.1. The number of aryl methyl sites for hydroxylation is 1. The zero-order valence-corrected chi connectivity index (χ0v) is 16.3. The Morgan fingerprint density at radius 1 is 1.14 bits per heavy atom. The maximum Gasteiger partial charge on any atom is 0.337 e. The molecule has 2 aliphatic rings. The van der Waals surface area contributed by atoms with Crippen molar-refractivity contribution in [2.45, 2.75) is 31.6 Å². The molecule has 2 atom stereocenters. The van der Waals surface area contributed by atoms with Gasteiger partial charge in [-0.25, -0.2) is 4.79 Å². The van der Waals surface area contributed by atoms with Gasteiger partial charge in [0.05, 0.1) is 25.2 Å². The first-order chi connectivity index (χ1) is 13.6. The van der Waals surface area contributed by atoms with E-state index >= 15 is 0 Å². The average Bonchev–Trinajstić information content (AvgIpc) is 3.10. The van der Waals surface area contributed by atoms with Gasteiger partial charge in [0, 0.05) is 12.5 Å². The normalized spacial score (nSPS) is 23.2. The van der Waals surface area contributed by atoms with Crippen LogP contribution >= 0.6 is 0 Å². The molecular weight excluding hydrogens is 354 g/mol. The Morgan fingerprint density at radius 2 is 1.93 bits per heavy atom. The van der Waals surface area contributed by atoms with Crippen molar-refractivity contribution < 1.29 is 19.1 Å². The maximum atomic E-state index is 12.9. The first-order valence-corrected chi connectivity index (χ1v) is 9.70. The quantitative estimate of drug-likeness (QED) is 0.828. The number of hydrogen-bond donors (Lipinski definition) is 1. The zero-order valence-electron chi connectivity index (χ0n) is 16.3. The van der Waals surface area contributed by atoms with Gasteiger partial charge >= 0.3 is 5.97 Å². The summed E-state index contributed by atoms with van der Waals surface area (Å²) >= 11 is 0. The van der Waals surface area contributed by atoms with Gasteiger partial charge in [0.25, 0.3) is 0 Å². The van der Waals surface area contributed by atoms with Crippen molar-refractivity contribution in [2.75, 3.05) is 20.8 Å². The van der Waals surface area contributed by atoms with E-state index < -0.39 is 0 Å². The van der Waals surface area contributed by atoms with Crippen molar-refractivity contribution in [1.82, 2.24) is 5.32 Å². The third-order valence-electron chi connectivity index (χ3n) is 6.35. The lowest BCUT2D eigenvalue weighted by Crippen LogP contribution is -2.41. The molecule has 1 aliphatic heterocycles. The molecule has 1 heterocycles. The minimum atomic E-state index is -0.375. The Balaban J connectivity index is 1.74. The predicted molar refractivity (Wildman–Crippen MR) is 106 cm³/mol. The molecule has 2 aromatic rings. The molecule has 2 aromatic carbocycles. The van der Waals surface area contributed by atoms with Crippen LogP contribution in [0.25, 0.3) is 0 Å². The largest absolute Gasteiger partial charge is 0.497 e. The number of rotatable bonds is 4. The summed E-state index contributed by atoms with van der Waals surface area (Å²) in [6.45, 7) is 0.730. The minimum Gasteiger partial charge on any atom is -0.497 e. The van der Waals surface area contributed by atoms with Gasteiger partial charge in [-0.3, -0.25) is 4.79 Å². The van der Waals surface area contributed by atoms with E-state index in [0.29, 0.717) is 5.56 Å². The average molecular weight is 379 g/mol. The molecule has 1 saturated heterocycles. The molecule has 5 nitrogen and oxygen atoms in total. The fourth-order valence-corrected chi connectivity index (χ4v) is 4.80. The third kappa shape index (κ3) is 3.05. The summed E-state index contributed by atoms with van der Waals surface area (Å²) in [7, 11) is 3.05. The number of fused-ring (bicyclic) bond motifs is 1. The Labute approximate surface area is 165 Å². The van der Waals surface area contributed by atoms with E-state index in [1.807, 2.05) is 30.3 Å². The molecule has 0 aromatic heterocycles. The van der Waals surface area contributed by atoms with Gasteiger partial charge in [-0.1, -0.05) is 18.2 Å². The topological polar surface area (TPSA) is 64.6 Å². The van der Waals surface area contributed by atoms with Crippen molar-refractivity contribution in [3.63, 3.8) is 0 Å². The van der Waals surface area contributed by atoms with E-state index in [1.54, 1.807) is 7.11 Å². The van der Waals surface area contributed by atoms with Crippen LogP contribution in [0.2, 0.25) is 0 Å². The standard InChI is InChI=1S/C23H25NO4/c1-27-18-6-3-15(4-7-18)13-20-19-8-5-17(21(25)28-2)14-16(19)9-10-23(20)11-12-24-22(23)26/h3-8,14,20H,9-13H2,1-2H3,(H,24,26)/t20?,23-/m1/s1. The van der Waals surface area contributed by atoms with Crippen LogP contribution in [0.1, 0.15) is 45.8 Å². The number of esters is 1. The van der Waals surface area contributed by atoms with Crippen molar-refractivity contribution in [1.29, 1.82) is 0 Å². The molecule has 0 saturated carbocycles. The lowest BCUT2D eigenvalue weighted by Gasteiger charge is -2.41. The molecule has 146 valence electrons. The summed E-state index contributed by atoms with van der Waals surface area (Å²) in [5.41, 5.74) is 3.68. The number of ether oxygens (including phenoxy) is 2. The number of carbonyl (C=O) groups is 2. The van der Waals surface area contributed by atoms with Gasteiger partial charge in [-0.15, -0.1) is 0 Å². The summed E-state index contributed by atoms with van der Waals surface area (Å²) in [5.74, 6) is 0.741. The Morgan fingerprint density at radius 3 is 2.57 bits per heavy atom. The summed E-state index contributed by atoms with van der Waals surface area (Å²) in [5, 5.41) is 3.05. The van der Waals surface area contributed by atoms with Crippen LogP contribution in [0.4, 0.5) is 0 Å². The van der Waals surface area contributed by atoms with Gasteiger partial charge in [0.2, 0.25) is 5.91 Å². The summed E-state index contributed by atoms with van der Waals surface area (Å²) in [6, 6.07) is 13.8. The van der Waals surface area contributed by atoms with E-state index in [1.165, 1.54) is 18.2 Å². The smallest absolute Gasteiger partial charge is 0.337 e. The molecule has 1 amide bonds. The first-order valence-electron chi connectivity index (χ1n) is 9.70. The van der Waals surface area contributed by atoms with Crippen LogP contribution in [-0.4, -0.2) is 32.6 Å². The van der Waals surface area contributed by atoms with Crippen LogP contribution in [0.5, 0.6) is 5.75 Å². The van der Waals surface area contributed by atoms with Crippen molar-refractivity contribution in [2.24, 2.45) is 5.41 Å². The highest BCUT2D eigenvalue weighted by atomic mass is 16.5. The zero-order chi connectivity index (χ0) is 19.7. The highest BCUT2D eigenvalue weighted by molar-refractivity contribution is 5.90. The minimum absolute atomic E-state index is 0.0823. The highest BCUT2D eigenvalue weighted by Crippen LogP contribution is 2.51. The fourth-order valence-electron chi connectivity index (χ4n) is 4.80. The fraction of sp³-hybridized carbons (Fsp3) is 0.391. The molecule has 0 bridgehead atoms.